The van der Waals surface area contributed by atoms with Crippen molar-refractivity contribution in [3.8, 4) is 0 Å². The summed E-state index contributed by atoms with van der Waals surface area (Å²) in [6.45, 7) is 3.42. The molecule has 1 N–H and O–H groups in total. The molecule has 1 heterocycles. The van der Waals surface area contributed by atoms with Gasteiger partial charge in [-0.1, -0.05) is 30.3 Å². The van der Waals surface area contributed by atoms with E-state index < -0.39 is 0 Å². The number of hydrogen-bond donors (Lipinski definition) is 1. The van der Waals surface area contributed by atoms with Crippen LogP contribution < -0.4 is 5.43 Å². The Morgan fingerprint density at radius 3 is 2.75 bits per heavy atom. The second kappa shape index (κ2) is 5.43. The van der Waals surface area contributed by atoms with Gasteiger partial charge < -0.3 is 0 Å². The van der Waals surface area contributed by atoms with Crippen LogP contribution >= 0.6 is 0 Å². The van der Waals surface area contributed by atoms with E-state index in [-0.39, 0.29) is 0 Å². The lowest BCUT2D eigenvalue weighted by atomic mass is 10.2. The lowest BCUT2D eigenvalue weighted by Crippen LogP contribution is -2.41. The van der Waals surface area contributed by atoms with Crippen molar-refractivity contribution >= 4 is 0 Å². The number of rotatable bonds is 4. The highest BCUT2D eigenvalue weighted by Crippen LogP contribution is 2.13. The molecule has 0 saturated carbocycles. The quantitative estimate of drug-likeness (QED) is 0.771. The molecular formula is C13H21N3. The Hall–Kier alpha value is -0.900. The summed E-state index contributed by atoms with van der Waals surface area (Å²) in [6, 6.07) is 11.3. The monoisotopic (exact) mass is 219 g/mol. The van der Waals surface area contributed by atoms with Crippen LogP contribution in [0.15, 0.2) is 30.3 Å². The van der Waals surface area contributed by atoms with E-state index in [0.29, 0.717) is 6.04 Å². The van der Waals surface area contributed by atoms with Crippen molar-refractivity contribution in [2.24, 2.45) is 0 Å². The van der Waals surface area contributed by atoms with Crippen LogP contribution in [0.2, 0.25) is 0 Å². The minimum Gasteiger partial charge on any atom is -0.297 e. The maximum atomic E-state index is 3.45. The molecule has 0 aromatic heterocycles. The van der Waals surface area contributed by atoms with E-state index in [0.717, 1.165) is 13.1 Å². The average Bonchev–Trinajstić information content (AvgIpc) is 2.66. The smallest absolute Gasteiger partial charge is 0.0354 e. The molecule has 0 unspecified atom stereocenters. The van der Waals surface area contributed by atoms with E-state index >= 15 is 0 Å². The van der Waals surface area contributed by atoms with Crippen molar-refractivity contribution in [3.05, 3.63) is 35.9 Å². The van der Waals surface area contributed by atoms with E-state index in [1.165, 1.54) is 18.5 Å². The molecule has 3 nitrogen and oxygen atoms in total. The Morgan fingerprint density at radius 1 is 1.31 bits per heavy atom. The molecule has 0 amide bonds. The third-order valence-electron chi connectivity index (χ3n) is 2.96. The molecule has 1 aromatic carbocycles. The molecule has 0 spiro atoms. The number of hydrazine groups is 1. The molecule has 1 saturated heterocycles. The minimum absolute atomic E-state index is 0.610. The van der Waals surface area contributed by atoms with Gasteiger partial charge in [-0.3, -0.25) is 15.3 Å². The average molecular weight is 219 g/mol. The Bertz CT molecular complexity index is 310. The fraction of sp³-hybridized carbons (Fsp3) is 0.538. The molecule has 1 aromatic rings. The van der Waals surface area contributed by atoms with Crippen LogP contribution in [0.4, 0.5) is 0 Å². The number of hydrogen-bond acceptors (Lipinski definition) is 3. The predicted molar refractivity (Wildman–Crippen MR) is 66.9 cm³/mol. The largest absolute Gasteiger partial charge is 0.297 e. The third-order valence-corrected chi connectivity index (χ3v) is 2.96. The Balaban J connectivity index is 1.81. The first kappa shape index (κ1) is 11.6. The first-order valence-electron chi connectivity index (χ1n) is 5.94. The van der Waals surface area contributed by atoms with Crippen LogP contribution in [0.3, 0.4) is 0 Å². The molecule has 1 aliphatic heterocycles. The summed E-state index contributed by atoms with van der Waals surface area (Å²) in [5.74, 6) is 0. The second-order valence-corrected chi connectivity index (χ2v) is 4.73. The van der Waals surface area contributed by atoms with Gasteiger partial charge in [0.2, 0.25) is 0 Å². The maximum absolute atomic E-state index is 3.45. The van der Waals surface area contributed by atoms with Gasteiger partial charge in [-0.2, -0.15) is 0 Å². The summed E-state index contributed by atoms with van der Waals surface area (Å²) < 4.78 is 0. The fourth-order valence-electron chi connectivity index (χ4n) is 2.29. The predicted octanol–water partition coefficient (Wildman–Crippen LogP) is 1.33. The standard InChI is InChI=1S/C13H21N3/c1-15(2)14-13-8-9-16(11-13)10-12-6-4-3-5-7-12/h3-7,13-14H,8-11H2,1-2H3/t13-/m1/s1. The van der Waals surface area contributed by atoms with Gasteiger partial charge in [-0.25, -0.2) is 0 Å². The van der Waals surface area contributed by atoms with Crippen LogP contribution in [0.1, 0.15) is 12.0 Å². The van der Waals surface area contributed by atoms with Gasteiger partial charge in [0.1, 0.15) is 0 Å². The fourth-order valence-corrected chi connectivity index (χ4v) is 2.29. The Kier molecular flexibility index (Phi) is 3.93. The van der Waals surface area contributed by atoms with Gasteiger partial charge in [0, 0.05) is 39.8 Å². The molecule has 0 radical (unpaired) electrons. The van der Waals surface area contributed by atoms with Gasteiger partial charge >= 0.3 is 0 Å². The van der Waals surface area contributed by atoms with Crippen LogP contribution in [0, 0.1) is 0 Å². The number of likely N-dealkylation sites (tertiary alicyclic amines) is 1. The van der Waals surface area contributed by atoms with E-state index in [2.05, 4.69) is 59.8 Å². The highest BCUT2D eigenvalue weighted by atomic mass is 15.5. The van der Waals surface area contributed by atoms with E-state index in [9.17, 15) is 0 Å². The summed E-state index contributed by atoms with van der Waals surface area (Å²) in [6.07, 6.45) is 1.24. The first-order chi connectivity index (χ1) is 7.74. The summed E-state index contributed by atoms with van der Waals surface area (Å²) >= 11 is 0. The topological polar surface area (TPSA) is 18.5 Å². The van der Waals surface area contributed by atoms with Crippen molar-refractivity contribution in [2.45, 2.75) is 19.0 Å². The first-order valence-corrected chi connectivity index (χ1v) is 5.94. The van der Waals surface area contributed by atoms with Crippen molar-refractivity contribution in [1.29, 1.82) is 0 Å². The van der Waals surface area contributed by atoms with Crippen molar-refractivity contribution in [2.75, 3.05) is 27.2 Å². The second-order valence-electron chi connectivity index (χ2n) is 4.73. The molecule has 1 atom stereocenters. The van der Waals surface area contributed by atoms with Gasteiger partial charge in [-0.15, -0.1) is 0 Å². The molecule has 16 heavy (non-hydrogen) atoms. The van der Waals surface area contributed by atoms with Gasteiger partial charge in [0.05, 0.1) is 0 Å². The molecular weight excluding hydrogens is 198 g/mol. The van der Waals surface area contributed by atoms with Crippen LogP contribution in [0.5, 0.6) is 0 Å². The van der Waals surface area contributed by atoms with Crippen LogP contribution in [-0.4, -0.2) is 43.1 Å². The summed E-state index contributed by atoms with van der Waals surface area (Å²) in [4.78, 5) is 2.51. The van der Waals surface area contributed by atoms with Crippen molar-refractivity contribution in [3.63, 3.8) is 0 Å². The molecule has 0 bridgehead atoms. The molecule has 2 rings (SSSR count). The lowest BCUT2D eigenvalue weighted by Gasteiger charge is -2.19. The lowest BCUT2D eigenvalue weighted by molar-refractivity contribution is 0.233. The van der Waals surface area contributed by atoms with Gasteiger partial charge in [0.15, 0.2) is 0 Å². The van der Waals surface area contributed by atoms with Crippen LogP contribution in [-0.2, 0) is 6.54 Å². The van der Waals surface area contributed by atoms with Gasteiger partial charge in [-0.05, 0) is 12.0 Å². The number of nitrogens with one attached hydrogen (secondary N) is 1. The zero-order valence-electron chi connectivity index (χ0n) is 10.2. The zero-order valence-corrected chi connectivity index (χ0v) is 10.2. The Labute approximate surface area is 98.0 Å². The Morgan fingerprint density at radius 2 is 2.06 bits per heavy atom. The van der Waals surface area contributed by atoms with Gasteiger partial charge in [0.25, 0.3) is 0 Å². The summed E-state index contributed by atoms with van der Waals surface area (Å²) in [5, 5.41) is 2.05. The highest BCUT2D eigenvalue weighted by Gasteiger charge is 2.22. The molecule has 0 aliphatic carbocycles. The summed E-state index contributed by atoms with van der Waals surface area (Å²) in [5.41, 5.74) is 4.86. The van der Waals surface area contributed by atoms with Crippen molar-refractivity contribution in [1.82, 2.24) is 15.3 Å². The van der Waals surface area contributed by atoms with E-state index in [4.69, 9.17) is 0 Å². The molecule has 3 heteroatoms. The minimum atomic E-state index is 0.610. The third kappa shape index (κ3) is 3.30. The maximum Gasteiger partial charge on any atom is 0.0354 e. The molecule has 1 aliphatic rings. The molecule has 88 valence electrons. The SMILES string of the molecule is CN(C)N[C@@H]1CCN(Cc2ccccc2)C1. The van der Waals surface area contributed by atoms with Crippen LogP contribution in [0.25, 0.3) is 0 Å². The zero-order chi connectivity index (χ0) is 11.4. The van der Waals surface area contributed by atoms with E-state index in [1.807, 2.05) is 0 Å². The number of benzene rings is 1. The highest BCUT2D eigenvalue weighted by molar-refractivity contribution is 5.14. The van der Waals surface area contributed by atoms with Crippen molar-refractivity contribution < 1.29 is 0 Å². The van der Waals surface area contributed by atoms with E-state index in [1.54, 1.807) is 0 Å². The normalized spacial score (nSPS) is 21.8. The molecule has 1 fully saturated rings. The summed E-state index contributed by atoms with van der Waals surface area (Å²) in [7, 11) is 4.11. The number of nitrogens with zero attached hydrogens (tertiary/aromatic N) is 2.